The Morgan fingerprint density at radius 2 is 1.88 bits per heavy atom. The smallest absolute Gasteiger partial charge is 0.193 e. The molecule has 0 aliphatic rings. The minimum absolute atomic E-state index is 0.00806. The van der Waals surface area contributed by atoms with Gasteiger partial charge in [0.05, 0.1) is 0 Å². The van der Waals surface area contributed by atoms with Gasteiger partial charge in [-0.05, 0) is 30.7 Å². The Balaban J connectivity index is 2.48. The number of carbonyl (C=O) groups excluding carboxylic acids is 1. The molecule has 0 fully saturated rings. The first-order chi connectivity index (χ1) is 8.09. The molecule has 0 heterocycles. The highest BCUT2D eigenvalue weighted by Gasteiger charge is 2.13. The molecule has 3 heteroatoms. The molecule has 0 radical (unpaired) electrons. The molecule has 0 spiro atoms. The van der Waals surface area contributed by atoms with Gasteiger partial charge in [0, 0.05) is 20.6 Å². The van der Waals surface area contributed by atoms with E-state index in [1.165, 1.54) is 0 Å². The summed E-state index contributed by atoms with van der Waals surface area (Å²) >= 11 is 9.37. The highest BCUT2D eigenvalue weighted by Crippen LogP contribution is 2.22. The topological polar surface area (TPSA) is 17.1 Å². The summed E-state index contributed by atoms with van der Waals surface area (Å²) in [5.74, 6) is -0.00806. The molecular weight excluding hydrogens is 300 g/mol. The van der Waals surface area contributed by atoms with Crippen molar-refractivity contribution in [1.29, 1.82) is 0 Å². The van der Waals surface area contributed by atoms with Crippen LogP contribution in [0.3, 0.4) is 0 Å². The van der Waals surface area contributed by atoms with E-state index in [0.29, 0.717) is 16.1 Å². The van der Waals surface area contributed by atoms with E-state index in [1.807, 2.05) is 25.1 Å². The average Bonchev–Trinajstić information content (AvgIpc) is 2.32. The SMILES string of the molecule is Cc1c(Cl)cccc1C(=O)c1cccc(Br)c1. The molecule has 17 heavy (non-hydrogen) atoms. The Morgan fingerprint density at radius 3 is 2.59 bits per heavy atom. The summed E-state index contributed by atoms with van der Waals surface area (Å²) in [6.07, 6.45) is 0. The summed E-state index contributed by atoms with van der Waals surface area (Å²) in [5.41, 5.74) is 2.12. The van der Waals surface area contributed by atoms with Gasteiger partial charge in [-0.3, -0.25) is 4.79 Å². The van der Waals surface area contributed by atoms with Gasteiger partial charge in [-0.2, -0.15) is 0 Å². The number of ketones is 1. The second-order valence-electron chi connectivity index (χ2n) is 3.75. The van der Waals surface area contributed by atoms with Crippen LogP contribution in [0.25, 0.3) is 0 Å². The van der Waals surface area contributed by atoms with Crippen molar-refractivity contribution in [3.63, 3.8) is 0 Å². The zero-order valence-corrected chi connectivity index (χ0v) is 11.5. The van der Waals surface area contributed by atoms with E-state index >= 15 is 0 Å². The zero-order chi connectivity index (χ0) is 12.4. The Hall–Kier alpha value is -1.12. The third-order valence-electron chi connectivity index (χ3n) is 2.60. The van der Waals surface area contributed by atoms with E-state index in [0.717, 1.165) is 10.0 Å². The number of rotatable bonds is 2. The van der Waals surface area contributed by atoms with Crippen molar-refractivity contribution in [3.05, 3.63) is 68.7 Å². The summed E-state index contributed by atoms with van der Waals surface area (Å²) in [6.45, 7) is 1.85. The van der Waals surface area contributed by atoms with Gasteiger partial charge in [0.2, 0.25) is 0 Å². The van der Waals surface area contributed by atoms with Crippen molar-refractivity contribution in [2.75, 3.05) is 0 Å². The molecule has 0 aliphatic heterocycles. The van der Waals surface area contributed by atoms with Gasteiger partial charge >= 0.3 is 0 Å². The highest BCUT2D eigenvalue weighted by molar-refractivity contribution is 9.10. The molecule has 2 rings (SSSR count). The van der Waals surface area contributed by atoms with Gasteiger partial charge < -0.3 is 0 Å². The van der Waals surface area contributed by atoms with Crippen molar-refractivity contribution in [3.8, 4) is 0 Å². The lowest BCUT2D eigenvalue weighted by molar-refractivity contribution is 0.103. The predicted octanol–water partition coefficient (Wildman–Crippen LogP) is 4.64. The van der Waals surface area contributed by atoms with E-state index in [9.17, 15) is 4.79 Å². The molecule has 86 valence electrons. The van der Waals surface area contributed by atoms with Gasteiger partial charge in [0.15, 0.2) is 5.78 Å². The van der Waals surface area contributed by atoms with Gasteiger partial charge in [0.1, 0.15) is 0 Å². The lowest BCUT2D eigenvalue weighted by atomic mass is 9.99. The lowest BCUT2D eigenvalue weighted by Crippen LogP contribution is -2.03. The molecule has 0 unspecified atom stereocenters. The van der Waals surface area contributed by atoms with E-state index in [-0.39, 0.29) is 5.78 Å². The maximum Gasteiger partial charge on any atom is 0.193 e. The van der Waals surface area contributed by atoms with Crippen LogP contribution >= 0.6 is 27.5 Å². The van der Waals surface area contributed by atoms with Gasteiger partial charge in [-0.25, -0.2) is 0 Å². The van der Waals surface area contributed by atoms with Crippen LogP contribution < -0.4 is 0 Å². The Morgan fingerprint density at radius 1 is 1.18 bits per heavy atom. The molecule has 0 saturated carbocycles. The fourth-order valence-corrected chi connectivity index (χ4v) is 2.21. The normalized spacial score (nSPS) is 10.3. The molecule has 2 aromatic carbocycles. The Kier molecular flexibility index (Phi) is 3.65. The van der Waals surface area contributed by atoms with Crippen LogP contribution in [0.15, 0.2) is 46.9 Å². The van der Waals surface area contributed by atoms with E-state index < -0.39 is 0 Å². The Bertz CT molecular complexity index is 578. The largest absolute Gasteiger partial charge is 0.289 e. The van der Waals surface area contributed by atoms with Crippen LogP contribution in [0.2, 0.25) is 5.02 Å². The van der Waals surface area contributed by atoms with Crippen LogP contribution in [0.5, 0.6) is 0 Å². The monoisotopic (exact) mass is 308 g/mol. The van der Waals surface area contributed by atoms with Gasteiger partial charge in [-0.1, -0.05) is 51.8 Å². The number of halogens is 2. The molecule has 0 N–H and O–H groups in total. The number of hydrogen-bond acceptors (Lipinski definition) is 1. The summed E-state index contributed by atoms with van der Waals surface area (Å²) in [4.78, 5) is 12.3. The van der Waals surface area contributed by atoms with Crippen LogP contribution in [-0.4, -0.2) is 5.78 Å². The molecule has 0 bridgehead atoms. The maximum absolute atomic E-state index is 12.3. The summed E-state index contributed by atoms with van der Waals surface area (Å²) in [5, 5.41) is 0.617. The van der Waals surface area contributed by atoms with Crippen LogP contribution in [0.1, 0.15) is 21.5 Å². The van der Waals surface area contributed by atoms with Crippen molar-refractivity contribution in [2.45, 2.75) is 6.92 Å². The molecular formula is C14H10BrClO. The van der Waals surface area contributed by atoms with Crippen molar-refractivity contribution in [1.82, 2.24) is 0 Å². The molecule has 2 aromatic rings. The van der Waals surface area contributed by atoms with Crippen molar-refractivity contribution >= 4 is 33.3 Å². The molecule has 0 atom stereocenters. The first kappa shape index (κ1) is 12.3. The zero-order valence-electron chi connectivity index (χ0n) is 9.21. The predicted molar refractivity (Wildman–Crippen MR) is 73.8 cm³/mol. The minimum atomic E-state index is -0.00806. The van der Waals surface area contributed by atoms with Gasteiger partial charge in [0.25, 0.3) is 0 Å². The highest BCUT2D eigenvalue weighted by atomic mass is 79.9. The number of hydrogen-bond donors (Lipinski definition) is 0. The summed E-state index contributed by atoms with van der Waals surface area (Å²) in [6, 6.07) is 12.7. The van der Waals surface area contributed by atoms with Crippen molar-refractivity contribution < 1.29 is 4.79 Å². The lowest BCUT2D eigenvalue weighted by Gasteiger charge is -2.06. The molecule has 1 nitrogen and oxygen atoms in total. The Labute approximate surface area is 114 Å². The van der Waals surface area contributed by atoms with E-state index in [1.54, 1.807) is 24.3 Å². The quantitative estimate of drug-likeness (QED) is 0.738. The van der Waals surface area contributed by atoms with Crippen molar-refractivity contribution in [2.24, 2.45) is 0 Å². The molecule has 0 aliphatic carbocycles. The van der Waals surface area contributed by atoms with Crippen LogP contribution in [0, 0.1) is 6.92 Å². The maximum atomic E-state index is 12.3. The second-order valence-corrected chi connectivity index (χ2v) is 5.07. The molecule has 0 saturated heterocycles. The third kappa shape index (κ3) is 2.59. The summed E-state index contributed by atoms with van der Waals surface area (Å²) in [7, 11) is 0. The second kappa shape index (κ2) is 5.03. The fourth-order valence-electron chi connectivity index (χ4n) is 1.64. The van der Waals surface area contributed by atoms with E-state index in [4.69, 9.17) is 11.6 Å². The number of carbonyl (C=O) groups is 1. The summed E-state index contributed by atoms with van der Waals surface area (Å²) < 4.78 is 0.892. The van der Waals surface area contributed by atoms with Crippen LogP contribution in [0.4, 0.5) is 0 Å². The fraction of sp³-hybridized carbons (Fsp3) is 0.0714. The van der Waals surface area contributed by atoms with E-state index in [2.05, 4.69) is 15.9 Å². The molecule has 0 amide bonds. The minimum Gasteiger partial charge on any atom is -0.289 e. The third-order valence-corrected chi connectivity index (χ3v) is 3.50. The van der Waals surface area contributed by atoms with Crippen LogP contribution in [-0.2, 0) is 0 Å². The molecule has 0 aromatic heterocycles. The average molecular weight is 310 g/mol. The standard InChI is InChI=1S/C14H10BrClO/c1-9-12(6-3-7-13(9)16)14(17)10-4-2-5-11(15)8-10/h2-8H,1H3. The first-order valence-corrected chi connectivity index (χ1v) is 6.32. The number of benzene rings is 2. The van der Waals surface area contributed by atoms with Gasteiger partial charge in [-0.15, -0.1) is 0 Å². The first-order valence-electron chi connectivity index (χ1n) is 5.15.